The molecule has 210 valence electrons. The van der Waals surface area contributed by atoms with E-state index in [2.05, 4.69) is 20.7 Å². The van der Waals surface area contributed by atoms with Crippen LogP contribution in [-0.2, 0) is 0 Å². The zero-order chi connectivity index (χ0) is 27.7. The number of alkyl halides is 1. The summed E-state index contributed by atoms with van der Waals surface area (Å²) in [6.07, 6.45) is 1.01. The summed E-state index contributed by atoms with van der Waals surface area (Å²) in [7, 11) is 1.77. The van der Waals surface area contributed by atoms with E-state index in [0.29, 0.717) is 58.9 Å². The molecule has 39 heavy (non-hydrogen) atoms. The van der Waals surface area contributed by atoms with Crippen LogP contribution in [0.4, 0.5) is 10.2 Å². The lowest BCUT2D eigenvalue weighted by Crippen LogP contribution is -2.52. The molecule has 1 aliphatic carbocycles. The smallest absolute Gasteiger partial charge is 0.163 e. The van der Waals surface area contributed by atoms with Gasteiger partial charge in [-0.1, -0.05) is 16.8 Å². The number of anilines is 1. The van der Waals surface area contributed by atoms with Gasteiger partial charge in [-0.05, 0) is 71.8 Å². The van der Waals surface area contributed by atoms with Crippen molar-refractivity contribution in [2.45, 2.75) is 64.4 Å². The predicted molar refractivity (Wildman–Crippen MR) is 149 cm³/mol. The molecule has 2 aromatic heterocycles. The van der Waals surface area contributed by atoms with E-state index in [9.17, 15) is 5.11 Å². The lowest BCUT2D eigenvalue weighted by Gasteiger charge is -2.39. The summed E-state index contributed by atoms with van der Waals surface area (Å²) in [6, 6.07) is 5.21. The van der Waals surface area contributed by atoms with Gasteiger partial charge in [-0.3, -0.25) is 0 Å². The van der Waals surface area contributed by atoms with E-state index in [1.54, 1.807) is 25.2 Å². The molecular formula is C28H36ClFN6O3. The Morgan fingerprint density at radius 2 is 2.05 bits per heavy atom. The number of piperidine rings is 1. The number of ether oxygens (including phenoxy) is 1. The second-order valence-corrected chi connectivity index (χ2v) is 10.8. The number of benzene rings is 1. The highest BCUT2D eigenvalue weighted by atomic mass is 35.5. The van der Waals surface area contributed by atoms with Crippen LogP contribution >= 0.6 is 11.6 Å². The Hall–Kier alpha value is -2.79. The van der Waals surface area contributed by atoms with Gasteiger partial charge in [0, 0.05) is 30.3 Å². The van der Waals surface area contributed by atoms with E-state index in [1.165, 1.54) is 0 Å². The fourth-order valence-corrected chi connectivity index (χ4v) is 5.47. The molecule has 5 rings (SSSR count). The van der Waals surface area contributed by atoms with Gasteiger partial charge < -0.3 is 29.9 Å². The van der Waals surface area contributed by atoms with Gasteiger partial charge in [0.1, 0.15) is 36.2 Å². The number of likely N-dealkylation sites (N-methyl/N-ethyl adjacent to an activating group) is 1. The highest BCUT2D eigenvalue weighted by molar-refractivity contribution is 6.33. The van der Waals surface area contributed by atoms with Gasteiger partial charge >= 0.3 is 0 Å². The summed E-state index contributed by atoms with van der Waals surface area (Å²) in [6.45, 7) is 7.34. The second-order valence-electron chi connectivity index (χ2n) is 10.4. The number of hydrogen-bond acceptors (Lipinski definition) is 9. The van der Waals surface area contributed by atoms with Crippen molar-refractivity contribution in [1.82, 2.24) is 25.8 Å². The van der Waals surface area contributed by atoms with E-state index in [1.807, 2.05) is 20.8 Å². The molecule has 3 aromatic rings. The van der Waals surface area contributed by atoms with Gasteiger partial charge in [-0.15, -0.1) is 0 Å². The molecule has 1 aliphatic heterocycles. The normalized spacial score (nSPS) is 20.2. The zero-order valence-corrected chi connectivity index (χ0v) is 23.6. The zero-order valence-electron chi connectivity index (χ0n) is 22.8. The molecule has 0 bridgehead atoms. The molecule has 2 aliphatic rings. The number of nitrogens with zero attached hydrogens (tertiary/aromatic N) is 4. The van der Waals surface area contributed by atoms with Crippen molar-refractivity contribution in [3.8, 4) is 28.4 Å². The van der Waals surface area contributed by atoms with Gasteiger partial charge in [0.25, 0.3) is 0 Å². The van der Waals surface area contributed by atoms with Crippen LogP contribution in [0.3, 0.4) is 0 Å². The summed E-state index contributed by atoms with van der Waals surface area (Å²) < 4.78 is 26.7. The van der Waals surface area contributed by atoms with E-state index in [4.69, 9.17) is 30.8 Å². The van der Waals surface area contributed by atoms with Gasteiger partial charge in [0.15, 0.2) is 5.82 Å². The Balaban J connectivity index is 1.63. The standard InChI is InChI=1S/C28H36ClFN6O3/c1-15-26(25-16(2)35-39-17(25)3)33-27(21-11-20(7-8-22(21)29)38-14-19(37)12-31-4)34-28(15)36(18-5-6-18)24-9-10-32-13-23(24)30/h7-8,11,18-19,23-24,31-32,37H,5-6,9-10,12-14H2,1-4H3/t19-,23?,24?/m1/s1. The highest BCUT2D eigenvalue weighted by Gasteiger charge is 2.41. The molecule has 1 saturated heterocycles. The van der Waals surface area contributed by atoms with Gasteiger partial charge in [-0.25, -0.2) is 14.4 Å². The maximum atomic E-state index is 15.3. The van der Waals surface area contributed by atoms with Crippen molar-refractivity contribution in [3.05, 3.63) is 40.2 Å². The molecule has 0 amide bonds. The number of aromatic nitrogens is 3. The van der Waals surface area contributed by atoms with Crippen molar-refractivity contribution in [3.63, 3.8) is 0 Å². The average molecular weight is 559 g/mol. The molecule has 2 fully saturated rings. The third-order valence-corrected chi connectivity index (χ3v) is 7.70. The number of hydrogen-bond donors (Lipinski definition) is 3. The fraction of sp³-hybridized carbons (Fsp3) is 0.536. The van der Waals surface area contributed by atoms with E-state index < -0.39 is 12.3 Å². The van der Waals surface area contributed by atoms with E-state index in [-0.39, 0.29) is 18.7 Å². The Labute approximate surface area is 233 Å². The van der Waals surface area contributed by atoms with Crippen LogP contribution in [0.15, 0.2) is 22.7 Å². The lowest BCUT2D eigenvalue weighted by molar-refractivity contribution is 0.108. The van der Waals surface area contributed by atoms with Crippen molar-refractivity contribution < 1.29 is 18.8 Å². The molecule has 0 radical (unpaired) electrons. The molecule has 9 nitrogen and oxygen atoms in total. The maximum absolute atomic E-state index is 15.3. The Morgan fingerprint density at radius 1 is 1.26 bits per heavy atom. The molecule has 11 heteroatoms. The van der Waals surface area contributed by atoms with Crippen molar-refractivity contribution in [2.24, 2.45) is 0 Å². The van der Waals surface area contributed by atoms with Crippen LogP contribution in [0.25, 0.3) is 22.6 Å². The largest absolute Gasteiger partial charge is 0.491 e. The van der Waals surface area contributed by atoms with E-state index >= 15 is 4.39 Å². The molecule has 3 heterocycles. The third kappa shape index (κ3) is 5.89. The first-order valence-electron chi connectivity index (χ1n) is 13.5. The van der Waals surface area contributed by atoms with Crippen LogP contribution in [0.1, 0.15) is 36.3 Å². The van der Waals surface area contributed by atoms with Crippen LogP contribution in [0, 0.1) is 20.8 Å². The van der Waals surface area contributed by atoms with Gasteiger partial charge in [0.2, 0.25) is 0 Å². The summed E-state index contributed by atoms with van der Waals surface area (Å²) in [5, 5.41) is 20.8. The highest BCUT2D eigenvalue weighted by Crippen LogP contribution is 2.42. The first kappa shape index (κ1) is 27.8. The molecule has 0 spiro atoms. The first-order valence-corrected chi connectivity index (χ1v) is 13.9. The van der Waals surface area contributed by atoms with Crippen LogP contribution in [-0.4, -0.2) is 77.9 Å². The minimum atomic E-state index is -1.01. The van der Waals surface area contributed by atoms with Crippen LogP contribution < -0.4 is 20.3 Å². The van der Waals surface area contributed by atoms with Crippen molar-refractivity contribution >= 4 is 17.4 Å². The second kappa shape index (κ2) is 11.8. The number of aliphatic hydroxyl groups is 1. The lowest BCUT2D eigenvalue weighted by atomic mass is 10.00. The fourth-order valence-electron chi connectivity index (χ4n) is 5.27. The molecule has 1 aromatic carbocycles. The minimum absolute atomic E-state index is 0.120. The van der Waals surface area contributed by atoms with Crippen LogP contribution in [0.2, 0.25) is 5.02 Å². The Kier molecular flexibility index (Phi) is 8.37. The van der Waals surface area contributed by atoms with Crippen molar-refractivity contribution in [2.75, 3.05) is 38.2 Å². The molecule has 3 atom stereocenters. The topological polar surface area (TPSA) is 109 Å². The number of nitrogens with one attached hydrogen (secondary N) is 2. The third-order valence-electron chi connectivity index (χ3n) is 7.37. The quantitative estimate of drug-likeness (QED) is 0.340. The number of halogens is 2. The van der Waals surface area contributed by atoms with Crippen LogP contribution in [0.5, 0.6) is 5.75 Å². The number of rotatable bonds is 10. The first-order chi connectivity index (χ1) is 18.8. The molecule has 1 saturated carbocycles. The maximum Gasteiger partial charge on any atom is 0.163 e. The van der Waals surface area contributed by atoms with E-state index in [0.717, 1.165) is 36.2 Å². The average Bonchev–Trinajstić information content (AvgIpc) is 3.70. The van der Waals surface area contributed by atoms with Crippen molar-refractivity contribution in [1.29, 1.82) is 0 Å². The minimum Gasteiger partial charge on any atom is -0.491 e. The Morgan fingerprint density at radius 3 is 2.72 bits per heavy atom. The number of aryl methyl sites for hydroxylation is 2. The molecule has 3 N–H and O–H groups in total. The predicted octanol–water partition coefficient (Wildman–Crippen LogP) is 4.01. The molecule has 2 unspecified atom stereocenters. The monoisotopic (exact) mass is 558 g/mol. The summed E-state index contributed by atoms with van der Waals surface area (Å²) in [5.41, 5.74) is 3.65. The summed E-state index contributed by atoms with van der Waals surface area (Å²) >= 11 is 6.69. The Bertz CT molecular complexity index is 1300. The van der Waals surface area contributed by atoms with Gasteiger partial charge in [0.05, 0.1) is 28.0 Å². The summed E-state index contributed by atoms with van der Waals surface area (Å²) in [4.78, 5) is 12.2. The SMILES string of the molecule is CNC[C@@H](O)COc1ccc(Cl)c(-c2nc(-c3c(C)noc3C)c(C)c(N(C3CC3)C3CCNCC3F)n2)c1. The summed E-state index contributed by atoms with van der Waals surface area (Å²) in [5.74, 6) is 2.30. The number of aliphatic hydroxyl groups excluding tert-OH is 1. The molecular weight excluding hydrogens is 523 g/mol. The van der Waals surface area contributed by atoms with Gasteiger partial charge in [-0.2, -0.15) is 0 Å².